The molecule has 0 saturated carbocycles. The number of para-hydroxylation sites is 1. The monoisotopic (exact) mass is 893 g/mol. The number of aromatic nitrogens is 2. The van der Waals surface area contributed by atoms with Crippen LogP contribution in [0.25, 0.3) is 0 Å². The molecule has 15 nitrogen and oxygen atoms in total. The fraction of sp³-hybridized carbons (Fsp3) is 0.435. The smallest absolute Gasteiger partial charge is 0.262 e. The third kappa shape index (κ3) is 8.88. The zero-order valence-electron chi connectivity index (χ0n) is 35.8. The average Bonchev–Trinajstić information content (AvgIpc) is 3.51. The summed E-state index contributed by atoms with van der Waals surface area (Å²) in [6.45, 7) is 10.5. The van der Waals surface area contributed by atoms with Gasteiger partial charge in [-0.1, -0.05) is 23.7 Å². The number of methoxy groups -OCH3 is 1. The van der Waals surface area contributed by atoms with E-state index in [0.717, 1.165) is 91.8 Å². The average molecular weight is 894 g/mol. The number of piperidine rings is 3. The Morgan fingerprint density at radius 1 is 0.810 bits per heavy atom. The molecule has 6 heterocycles. The maximum absolute atomic E-state index is 13.3. The van der Waals surface area contributed by atoms with Gasteiger partial charge in [0, 0.05) is 67.8 Å². The molecule has 5 aliphatic rings. The molecule has 3 aromatic carbocycles. The summed E-state index contributed by atoms with van der Waals surface area (Å²) in [6, 6.07) is 18.0. The van der Waals surface area contributed by atoms with E-state index in [1.54, 1.807) is 32.6 Å². The Kier molecular flexibility index (Phi) is 11.9. The Labute approximate surface area is 372 Å². The number of benzene rings is 3. The van der Waals surface area contributed by atoms with Gasteiger partial charge in [0.2, 0.25) is 17.8 Å². The zero-order valence-corrected chi connectivity index (χ0v) is 37.5. The van der Waals surface area contributed by atoms with Gasteiger partial charge in [0.1, 0.15) is 24.0 Å². The maximum atomic E-state index is 13.3. The van der Waals surface area contributed by atoms with Crippen molar-refractivity contribution in [3.63, 3.8) is 0 Å². The summed E-state index contributed by atoms with van der Waals surface area (Å²) in [4.78, 5) is 67.9. The highest BCUT2D eigenvalue weighted by atomic mass is 35.5. The van der Waals surface area contributed by atoms with Crippen LogP contribution in [0, 0.1) is 17.8 Å². The van der Waals surface area contributed by atoms with Gasteiger partial charge in [-0.05, 0) is 113 Å². The van der Waals surface area contributed by atoms with Crippen molar-refractivity contribution in [2.75, 3.05) is 86.7 Å². The van der Waals surface area contributed by atoms with Gasteiger partial charge in [0.05, 0.1) is 35.8 Å². The molecular weight excluding hydrogens is 841 g/mol. The predicted octanol–water partition coefficient (Wildman–Crippen LogP) is 6.34. The normalized spacial score (nSPS) is 20.4. The van der Waals surface area contributed by atoms with Gasteiger partial charge in [0.25, 0.3) is 11.8 Å². The number of hydrogen-bond donors (Lipinski definition) is 3. The van der Waals surface area contributed by atoms with Crippen molar-refractivity contribution in [1.29, 1.82) is 0 Å². The molecule has 4 amide bonds. The summed E-state index contributed by atoms with van der Waals surface area (Å²) in [7, 11) is -0.890. The van der Waals surface area contributed by atoms with E-state index in [-0.39, 0.29) is 18.7 Å². The number of anilines is 6. The first-order valence-corrected chi connectivity index (χ1v) is 24.8. The van der Waals surface area contributed by atoms with Crippen LogP contribution < -0.4 is 35.8 Å². The number of nitrogens with one attached hydrogen (secondary N) is 3. The zero-order chi connectivity index (χ0) is 44.0. The van der Waals surface area contributed by atoms with E-state index in [2.05, 4.69) is 52.8 Å². The standard InChI is InChI=1S/C46H53ClN9O6P/c1-62-39-23-32(9-11-36(39)50-46-48-24-35(47)42(52-46)49-37-6-4-5-7-40(37)63(2,3)61)54-20-16-30(17-21-54)29-14-18-53(19-15-29)25-28-26-55(27-28)31-8-10-33-34(22-31)45(60)56(44(33)59)38-12-13-41(57)51-43(38)58/h4-11,22-24,28-30,38H,12-21,25-27H2,1-3H3,(H,51,57,58)(H2,48,49,50,52). The SMILES string of the molecule is COc1cc(N2CCC(C3CCN(CC4CN(c5ccc6c(c5)C(=O)N(C5CCC(=O)NC5=O)C6=O)C4)CC3)CC2)ccc1Nc1ncc(Cl)c(Nc2ccccc2P(C)(C)=O)n1. The van der Waals surface area contributed by atoms with Gasteiger partial charge in [-0.3, -0.25) is 29.4 Å². The van der Waals surface area contributed by atoms with Crippen LogP contribution in [0.1, 0.15) is 59.2 Å². The number of fused-ring (bicyclic) bond motifs is 1. The number of amides is 4. The highest BCUT2D eigenvalue weighted by Gasteiger charge is 2.45. The lowest BCUT2D eigenvalue weighted by Crippen LogP contribution is -2.54. The molecule has 4 fully saturated rings. The van der Waals surface area contributed by atoms with E-state index in [9.17, 15) is 23.7 Å². The first-order chi connectivity index (χ1) is 30.3. The predicted molar refractivity (Wildman–Crippen MR) is 245 cm³/mol. The first-order valence-electron chi connectivity index (χ1n) is 21.8. The van der Waals surface area contributed by atoms with Crippen LogP contribution in [0.15, 0.2) is 66.9 Å². The minimum Gasteiger partial charge on any atom is -0.494 e. The lowest BCUT2D eigenvalue weighted by Gasteiger charge is -2.45. The highest BCUT2D eigenvalue weighted by molar-refractivity contribution is 7.70. The molecule has 1 aromatic heterocycles. The van der Waals surface area contributed by atoms with E-state index in [0.29, 0.717) is 51.2 Å². The Morgan fingerprint density at radius 3 is 2.21 bits per heavy atom. The third-order valence-corrected chi connectivity index (χ3v) is 15.2. The lowest BCUT2D eigenvalue weighted by molar-refractivity contribution is -0.136. The van der Waals surface area contributed by atoms with Gasteiger partial charge in [-0.15, -0.1) is 0 Å². The van der Waals surface area contributed by atoms with E-state index in [1.165, 1.54) is 19.0 Å². The second-order valence-electron chi connectivity index (χ2n) is 17.8. The molecule has 0 radical (unpaired) electrons. The van der Waals surface area contributed by atoms with Crippen LogP contribution in [0.3, 0.4) is 0 Å². The van der Waals surface area contributed by atoms with Crippen molar-refractivity contribution in [1.82, 2.24) is 25.1 Å². The summed E-state index contributed by atoms with van der Waals surface area (Å²) >= 11 is 6.49. The van der Waals surface area contributed by atoms with Crippen molar-refractivity contribution in [2.45, 2.75) is 44.6 Å². The van der Waals surface area contributed by atoms with Crippen LogP contribution in [-0.4, -0.2) is 116 Å². The second-order valence-corrected chi connectivity index (χ2v) is 21.4. The second kappa shape index (κ2) is 17.6. The topological polar surface area (TPSA) is 169 Å². The number of likely N-dealkylation sites (tertiary alicyclic amines) is 1. The van der Waals surface area contributed by atoms with E-state index < -0.39 is 30.9 Å². The Hall–Kier alpha value is -5.50. The number of nitrogens with zero attached hydrogens (tertiary/aromatic N) is 6. The molecule has 0 bridgehead atoms. The van der Waals surface area contributed by atoms with Crippen molar-refractivity contribution >= 4 is 82.2 Å². The van der Waals surface area contributed by atoms with Crippen LogP contribution in [0.4, 0.5) is 34.5 Å². The number of hydrogen-bond acceptors (Lipinski definition) is 13. The fourth-order valence-electron chi connectivity index (χ4n) is 9.94. The highest BCUT2D eigenvalue weighted by Crippen LogP contribution is 2.40. The largest absolute Gasteiger partial charge is 0.494 e. The molecule has 63 heavy (non-hydrogen) atoms. The molecule has 3 N–H and O–H groups in total. The van der Waals surface area contributed by atoms with Gasteiger partial charge < -0.3 is 34.6 Å². The number of carbonyl (C=O) groups excluding carboxylic acids is 4. The number of rotatable bonds is 12. The number of imide groups is 2. The number of carbonyl (C=O) groups is 4. The fourth-order valence-corrected chi connectivity index (χ4v) is 11.2. The molecular formula is C46H53ClN9O6P. The third-order valence-electron chi connectivity index (χ3n) is 13.4. The molecule has 1 atom stereocenters. The minimum absolute atomic E-state index is 0.0992. The van der Waals surface area contributed by atoms with Gasteiger partial charge >= 0.3 is 0 Å². The van der Waals surface area contributed by atoms with Crippen LogP contribution >= 0.6 is 18.7 Å². The lowest BCUT2D eigenvalue weighted by atomic mass is 9.78. The van der Waals surface area contributed by atoms with Crippen LogP contribution in [0.5, 0.6) is 5.75 Å². The molecule has 17 heteroatoms. The van der Waals surface area contributed by atoms with Gasteiger partial charge in [-0.25, -0.2) is 4.98 Å². The van der Waals surface area contributed by atoms with E-state index in [1.807, 2.05) is 36.4 Å². The van der Waals surface area contributed by atoms with Gasteiger partial charge in [0.15, 0.2) is 5.82 Å². The Balaban J connectivity index is 0.730. The molecule has 0 spiro atoms. The summed E-state index contributed by atoms with van der Waals surface area (Å²) < 4.78 is 18.8. The summed E-state index contributed by atoms with van der Waals surface area (Å²) in [6.07, 6.45) is 6.53. The maximum Gasteiger partial charge on any atom is 0.262 e. The molecule has 330 valence electrons. The molecule has 1 unspecified atom stereocenters. The number of halogens is 1. The van der Waals surface area contributed by atoms with Gasteiger partial charge in [-0.2, -0.15) is 4.98 Å². The molecule has 4 aromatic rings. The molecule has 0 aliphatic carbocycles. The van der Waals surface area contributed by atoms with Crippen LogP contribution in [0.2, 0.25) is 5.02 Å². The Morgan fingerprint density at radius 2 is 1.49 bits per heavy atom. The summed E-state index contributed by atoms with van der Waals surface area (Å²) in [5.41, 5.74) is 4.08. The van der Waals surface area contributed by atoms with Crippen molar-refractivity contribution in [3.8, 4) is 5.75 Å². The summed E-state index contributed by atoms with van der Waals surface area (Å²) in [5, 5.41) is 9.86. The Bertz CT molecular complexity index is 2500. The number of ether oxygens (including phenoxy) is 1. The van der Waals surface area contributed by atoms with E-state index in [4.69, 9.17) is 16.3 Å². The first kappa shape index (κ1) is 42.8. The van der Waals surface area contributed by atoms with Crippen LogP contribution in [-0.2, 0) is 14.2 Å². The molecule has 4 saturated heterocycles. The quantitative estimate of drug-likeness (QED) is 0.107. The van der Waals surface area contributed by atoms with Crippen molar-refractivity contribution in [3.05, 3.63) is 83.0 Å². The minimum atomic E-state index is -2.55. The van der Waals surface area contributed by atoms with Crippen molar-refractivity contribution < 1.29 is 28.5 Å². The molecule has 5 aliphatic heterocycles. The molecule has 9 rings (SSSR count). The van der Waals surface area contributed by atoms with E-state index >= 15 is 0 Å². The summed E-state index contributed by atoms with van der Waals surface area (Å²) in [5.74, 6) is 1.48. The van der Waals surface area contributed by atoms with Crippen molar-refractivity contribution in [2.24, 2.45) is 17.8 Å².